The molecule has 1 aromatic carbocycles. The van der Waals surface area contributed by atoms with Gasteiger partial charge in [-0.3, -0.25) is 0 Å². The Morgan fingerprint density at radius 2 is 1.90 bits per heavy atom. The molecule has 0 spiro atoms. The fraction of sp³-hybridized carbons (Fsp3) is 0.684. The lowest BCUT2D eigenvalue weighted by Crippen LogP contribution is -2.31. The molecule has 0 aromatic heterocycles. The topological polar surface area (TPSA) is 21.3 Å². The third-order valence-electron chi connectivity index (χ3n) is 4.94. The van der Waals surface area contributed by atoms with E-state index < -0.39 is 0 Å². The van der Waals surface area contributed by atoms with Gasteiger partial charge >= 0.3 is 0 Å². The van der Waals surface area contributed by atoms with E-state index in [-0.39, 0.29) is 0 Å². The zero-order valence-corrected chi connectivity index (χ0v) is 13.3. The summed E-state index contributed by atoms with van der Waals surface area (Å²) in [5, 5.41) is 3.75. The summed E-state index contributed by atoms with van der Waals surface area (Å²) in [7, 11) is 0. The molecule has 0 radical (unpaired) electrons. The first-order valence-corrected chi connectivity index (χ1v) is 8.83. The second kappa shape index (κ2) is 7.31. The van der Waals surface area contributed by atoms with Crippen LogP contribution in [-0.2, 0) is 0 Å². The second-order valence-corrected chi connectivity index (χ2v) is 6.72. The fourth-order valence-electron chi connectivity index (χ4n) is 3.60. The van der Waals surface area contributed by atoms with Crippen LogP contribution in [0.2, 0.25) is 0 Å². The molecule has 0 amide bonds. The van der Waals surface area contributed by atoms with Gasteiger partial charge in [0.05, 0.1) is 6.61 Å². The Balaban J connectivity index is 1.71. The van der Waals surface area contributed by atoms with Crippen molar-refractivity contribution in [3.05, 3.63) is 29.8 Å². The SMILES string of the molecule is CCCOc1ccccc1C1CCCCC1CNC1CC1. The van der Waals surface area contributed by atoms with Crippen molar-refractivity contribution >= 4 is 0 Å². The van der Waals surface area contributed by atoms with E-state index in [0.29, 0.717) is 5.92 Å². The zero-order chi connectivity index (χ0) is 14.5. The van der Waals surface area contributed by atoms with E-state index in [1.54, 1.807) is 0 Å². The van der Waals surface area contributed by atoms with Crippen LogP contribution >= 0.6 is 0 Å². The van der Waals surface area contributed by atoms with Crippen LogP contribution in [0, 0.1) is 5.92 Å². The maximum absolute atomic E-state index is 6.01. The molecule has 1 N–H and O–H groups in total. The van der Waals surface area contributed by atoms with E-state index >= 15 is 0 Å². The predicted molar refractivity (Wildman–Crippen MR) is 88.0 cm³/mol. The lowest BCUT2D eigenvalue weighted by Gasteiger charge is -2.33. The summed E-state index contributed by atoms with van der Waals surface area (Å²) in [6, 6.07) is 9.55. The molecule has 2 heteroatoms. The normalized spacial score (nSPS) is 25.8. The summed E-state index contributed by atoms with van der Waals surface area (Å²) in [6.45, 7) is 4.19. The third-order valence-corrected chi connectivity index (χ3v) is 4.94. The van der Waals surface area contributed by atoms with Crippen molar-refractivity contribution in [1.82, 2.24) is 5.32 Å². The molecule has 2 aliphatic carbocycles. The molecule has 0 heterocycles. The molecular formula is C19H29NO. The summed E-state index contributed by atoms with van der Waals surface area (Å²) >= 11 is 0. The number of hydrogen-bond donors (Lipinski definition) is 1. The first-order chi connectivity index (χ1) is 10.4. The minimum atomic E-state index is 0.679. The molecule has 0 saturated heterocycles. The third kappa shape index (κ3) is 4.00. The summed E-state index contributed by atoms with van der Waals surface area (Å²) in [6.07, 6.45) is 9.29. The Hall–Kier alpha value is -1.02. The summed E-state index contributed by atoms with van der Waals surface area (Å²) in [5.41, 5.74) is 1.45. The van der Waals surface area contributed by atoms with Crippen molar-refractivity contribution in [2.24, 2.45) is 5.92 Å². The summed E-state index contributed by atoms with van der Waals surface area (Å²) in [5.74, 6) is 2.59. The highest BCUT2D eigenvalue weighted by Crippen LogP contribution is 2.41. The quantitative estimate of drug-likeness (QED) is 0.797. The highest BCUT2D eigenvalue weighted by molar-refractivity contribution is 5.37. The molecule has 116 valence electrons. The van der Waals surface area contributed by atoms with Gasteiger partial charge in [0.1, 0.15) is 5.75 Å². The predicted octanol–water partition coefficient (Wildman–Crippen LogP) is 4.50. The van der Waals surface area contributed by atoms with Crippen molar-refractivity contribution in [3.8, 4) is 5.75 Å². The van der Waals surface area contributed by atoms with Crippen LogP contribution in [0.4, 0.5) is 0 Å². The van der Waals surface area contributed by atoms with Crippen LogP contribution in [0.3, 0.4) is 0 Å². The van der Waals surface area contributed by atoms with Gasteiger partial charge in [0.15, 0.2) is 0 Å². The maximum atomic E-state index is 6.01. The molecule has 2 nitrogen and oxygen atoms in total. The lowest BCUT2D eigenvalue weighted by atomic mass is 9.75. The molecular weight excluding hydrogens is 258 g/mol. The Morgan fingerprint density at radius 1 is 1.10 bits per heavy atom. The Kier molecular flexibility index (Phi) is 5.18. The first-order valence-electron chi connectivity index (χ1n) is 8.83. The van der Waals surface area contributed by atoms with E-state index in [9.17, 15) is 0 Å². The number of nitrogens with one attached hydrogen (secondary N) is 1. The van der Waals surface area contributed by atoms with Crippen molar-refractivity contribution in [1.29, 1.82) is 0 Å². The van der Waals surface area contributed by atoms with Crippen molar-refractivity contribution in [2.75, 3.05) is 13.2 Å². The molecule has 1 aromatic rings. The van der Waals surface area contributed by atoms with E-state index in [1.165, 1.54) is 50.6 Å². The molecule has 3 rings (SSSR count). The van der Waals surface area contributed by atoms with Crippen molar-refractivity contribution in [3.63, 3.8) is 0 Å². The largest absolute Gasteiger partial charge is 0.493 e. The lowest BCUT2D eigenvalue weighted by molar-refractivity contribution is 0.274. The summed E-state index contributed by atoms with van der Waals surface area (Å²) < 4.78 is 6.01. The van der Waals surface area contributed by atoms with Crippen LogP contribution in [0.5, 0.6) is 5.75 Å². The number of benzene rings is 1. The van der Waals surface area contributed by atoms with Gasteiger partial charge in [0, 0.05) is 6.04 Å². The van der Waals surface area contributed by atoms with Crippen molar-refractivity contribution < 1.29 is 4.74 Å². The molecule has 0 bridgehead atoms. The molecule has 2 atom stereocenters. The average Bonchev–Trinajstić information content (AvgIpc) is 3.36. The fourth-order valence-corrected chi connectivity index (χ4v) is 3.60. The van der Waals surface area contributed by atoms with Crippen LogP contribution in [0.25, 0.3) is 0 Å². The average molecular weight is 287 g/mol. The molecule has 2 unspecified atom stereocenters. The monoisotopic (exact) mass is 287 g/mol. The standard InChI is InChI=1S/C19H29NO/c1-2-13-21-19-10-6-5-9-18(19)17-8-4-3-7-15(17)14-20-16-11-12-16/h5-6,9-10,15-17,20H,2-4,7-8,11-14H2,1H3. The molecule has 2 aliphatic rings. The highest BCUT2D eigenvalue weighted by Gasteiger charge is 2.30. The Labute approximate surface area is 129 Å². The first kappa shape index (κ1) is 14.9. The number of hydrogen-bond acceptors (Lipinski definition) is 2. The van der Waals surface area contributed by atoms with Gasteiger partial charge in [-0.2, -0.15) is 0 Å². The number of rotatable bonds is 7. The number of ether oxygens (including phenoxy) is 1. The maximum Gasteiger partial charge on any atom is 0.122 e. The van der Waals surface area contributed by atoms with Gasteiger partial charge in [-0.05, 0) is 62.1 Å². The van der Waals surface area contributed by atoms with Crippen molar-refractivity contribution in [2.45, 2.75) is 63.8 Å². The second-order valence-electron chi connectivity index (χ2n) is 6.72. The number of para-hydroxylation sites is 1. The molecule has 21 heavy (non-hydrogen) atoms. The molecule has 2 saturated carbocycles. The van der Waals surface area contributed by atoms with Gasteiger partial charge in [-0.1, -0.05) is 38.0 Å². The van der Waals surface area contributed by atoms with Crippen LogP contribution in [0.1, 0.15) is 63.4 Å². The van der Waals surface area contributed by atoms with Gasteiger partial charge in [-0.25, -0.2) is 0 Å². The molecule has 2 fully saturated rings. The van der Waals surface area contributed by atoms with Gasteiger partial charge in [0.2, 0.25) is 0 Å². The van der Waals surface area contributed by atoms with E-state index in [0.717, 1.165) is 30.7 Å². The Bertz CT molecular complexity index is 441. The van der Waals surface area contributed by atoms with Crippen LogP contribution in [0.15, 0.2) is 24.3 Å². The van der Waals surface area contributed by atoms with Gasteiger partial charge < -0.3 is 10.1 Å². The van der Waals surface area contributed by atoms with E-state index in [1.807, 2.05) is 0 Å². The van der Waals surface area contributed by atoms with E-state index in [4.69, 9.17) is 4.74 Å². The molecule has 0 aliphatic heterocycles. The van der Waals surface area contributed by atoms with Crippen LogP contribution < -0.4 is 10.1 Å². The minimum Gasteiger partial charge on any atom is -0.493 e. The van der Waals surface area contributed by atoms with Gasteiger partial charge in [-0.15, -0.1) is 0 Å². The van der Waals surface area contributed by atoms with E-state index in [2.05, 4.69) is 36.5 Å². The van der Waals surface area contributed by atoms with Gasteiger partial charge in [0.25, 0.3) is 0 Å². The van der Waals surface area contributed by atoms with Crippen LogP contribution in [-0.4, -0.2) is 19.2 Å². The zero-order valence-electron chi connectivity index (χ0n) is 13.3. The Morgan fingerprint density at radius 3 is 2.71 bits per heavy atom. The summed E-state index contributed by atoms with van der Waals surface area (Å²) in [4.78, 5) is 0. The smallest absolute Gasteiger partial charge is 0.122 e. The highest BCUT2D eigenvalue weighted by atomic mass is 16.5. The minimum absolute atomic E-state index is 0.679.